The molecule has 1 aliphatic rings. The standard InChI is InChI=1S/C22H22N2O3S/c1-14(2)16-7-5-15(6-8-16)13-19-20(25)24(3)22(28-19)23-18-11-9-17(10-12-18)21(26)27-4/h5-14H,1-4H3/b19-13-,23-22?. The summed E-state index contributed by atoms with van der Waals surface area (Å²) >= 11 is 1.34. The Morgan fingerprint density at radius 2 is 1.75 bits per heavy atom. The molecule has 6 heteroatoms. The topological polar surface area (TPSA) is 59.0 Å². The lowest BCUT2D eigenvalue weighted by molar-refractivity contribution is -0.121. The first kappa shape index (κ1) is 19.9. The monoisotopic (exact) mass is 394 g/mol. The van der Waals surface area contributed by atoms with Gasteiger partial charge in [0, 0.05) is 7.05 Å². The summed E-state index contributed by atoms with van der Waals surface area (Å²) in [6.45, 7) is 4.30. The minimum Gasteiger partial charge on any atom is -0.465 e. The van der Waals surface area contributed by atoms with E-state index in [4.69, 9.17) is 4.74 Å². The average Bonchev–Trinajstić information content (AvgIpc) is 2.96. The van der Waals surface area contributed by atoms with Gasteiger partial charge in [-0.25, -0.2) is 9.79 Å². The summed E-state index contributed by atoms with van der Waals surface area (Å²) in [6.07, 6.45) is 1.89. The predicted molar refractivity (Wildman–Crippen MR) is 114 cm³/mol. The highest BCUT2D eigenvalue weighted by Gasteiger charge is 2.30. The van der Waals surface area contributed by atoms with E-state index in [2.05, 4.69) is 31.0 Å². The molecule has 0 bridgehead atoms. The number of methoxy groups -OCH3 is 1. The number of carbonyl (C=O) groups excluding carboxylic acids is 2. The number of hydrogen-bond donors (Lipinski definition) is 0. The largest absolute Gasteiger partial charge is 0.465 e. The van der Waals surface area contributed by atoms with E-state index >= 15 is 0 Å². The molecule has 0 saturated carbocycles. The smallest absolute Gasteiger partial charge is 0.337 e. The third-order valence-corrected chi connectivity index (χ3v) is 5.48. The molecule has 0 aromatic heterocycles. The number of benzene rings is 2. The fraction of sp³-hybridized carbons (Fsp3) is 0.227. The molecule has 5 nitrogen and oxygen atoms in total. The number of amidine groups is 1. The average molecular weight is 394 g/mol. The molecule has 3 rings (SSSR count). The molecular weight excluding hydrogens is 372 g/mol. The fourth-order valence-electron chi connectivity index (χ4n) is 2.68. The molecule has 2 aromatic carbocycles. The Bertz CT molecular complexity index is 945. The molecular formula is C22H22N2O3S. The number of amides is 1. The highest BCUT2D eigenvalue weighted by atomic mass is 32.2. The zero-order valence-electron chi connectivity index (χ0n) is 16.3. The summed E-state index contributed by atoms with van der Waals surface area (Å²) in [4.78, 5) is 30.8. The Kier molecular flexibility index (Phi) is 5.99. The van der Waals surface area contributed by atoms with Gasteiger partial charge in [-0.1, -0.05) is 38.1 Å². The van der Waals surface area contributed by atoms with Gasteiger partial charge in [0.15, 0.2) is 5.17 Å². The van der Waals surface area contributed by atoms with Crippen molar-refractivity contribution in [2.75, 3.05) is 14.2 Å². The van der Waals surface area contributed by atoms with E-state index in [0.29, 0.717) is 27.2 Å². The molecule has 0 N–H and O–H groups in total. The van der Waals surface area contributed by atoms with Crippen LogP contribution >= 0.6 is 11.8 Å². The lowest BCUT2D eigenvalue weighted by Gasteiger charge is -2.07. The molecule has 0 aliphatic carbocycles. The highest BCUT2D eigenvalue weighted by molar-refractivity contribution is 8.18. The maximum atomic E-state index is 12.6. The van der Waals surface area contributed by atoms with Crippen LogP contribution in [0.1, 0.15) is 41.3 Å². The van der Waals surface area contributed by atoms with E-state index in [-0.39, 0.29) is 5.91 Å². The second-order valence-electron chi connectivity index (χ2n) is 6.73. The summed E-state index contributed by atoms with van der Waals surface area (Å²) < 4.78 is 4.69. The van der Waals surface area contributed by atoms with Crippen molar-refractivity contribution < 1.29 is 14.3 Å². The third kappa shape index (κ3) is 4.34. The quantitative estimate of drug-likeness (QED) is 0.550. The zero-order chi connectivity index (χ0) is 20.3. The molecule has 0 unspecified atom stereocenters. The molecule has 144 valence electrons. The second kappa shape index (κ2) is 8.44. The zero-order valence-corrected chi connectivity index (χ0v) is 17.1. The van der Waals surface area contributed by atoms with E-state index in [1.165, 1.54) is 29.3 Å². The first-order valence-corrected chi connectivity index (χ1v) is 9.75. The Morgan fingerprint density at radius 3 is 2.32 bits per heavy atom. The van der Waals surface area contributed by atoms with Crippen LogP contribution in [0.3, 0.4) is 0 Å². The van der Waals surface area contributed by atoms with Gasteiger partial charge in [-0.2, -0.15) is 0 Å². The van der Waals surface area contributed by atoms with E-state index in [1.807, 2.05) is 18.2 Å². The van der Waals surface area contributed by atoms with Crippen molar-refractivity contribution >= 4 is 40.6 Å². The van der Waals surface area contributed by atoms with Crippen LogP contribution in [0.25, 0.3) is 6.08 Å². The lowest BCUT2D eigenvalue weighted by atomic mass is 10.0. The highest BCUT2D eigenvalue weighted by Crippen LogP contribution is 2.33. The van der Waals surface area contributed by atoms with E-state index in [0.717, 1.165) is 5.56 Å². The number of aliphatic imine (C=N–C) groups is 1. The molecule has 1 aliphatic heterocycles. The molecule has 0 radical (unpaired) electrons. The van der Waals surface area contributed by atoms with Gasteiger partial charge in [-0.05, 0) is 59.1 Å². The lowest BCUT2D eigenvalue weighted by Crippen LogP contribution is -2.23. The Balaban J connectivity index is 1.80. The first-order valence-electron chi connectivity index (χ1n) is 8.93. The fourth-order valence-corrected chi connectivity index (χ4v) is 3.67. The molecule has 1 amide bonds. The molecule has 1 fully saturated rings. The molecule has 1 saturated heterocycles. The molecule has 1 heterocycles. The van der Waals surface area contributed by atoms with Crippen molar-refractivity contribution in [3.63, 3.8) is 0 Å². The van der Waals surface area contributed by atoms with Gasteiger partial charge < -0.3 is 4.74 Å². The number of esters is 1. The van der Waals surface area contributed by atoms with Gasteiger partial charge in [0.05, 0.1) is 23.3 Å². The van der Waals surface area contributed by atoms with Gasteiger partial charge in [0.2, 0.25) is 0 Å². The van der Waals surface area contributed by atoms with Crippen molar-refractivity contribution in [3.8, 4) is 0 Å². The van der Waals surface area contributed by atoms with Gasteiger partial charge in [0.1, 0.15) is 0 Å². The Hall–Kier alpha value is -2.86. The van der Waals surface area contributed by atoms with Crippen LogP contribution < -0.4 is 0 Å². The SMILES string of the molecule is COC(=O)c1ccc(N=C2S/C(=C\c3ccc(C(C)C)cc3)C(=O)N2C)cc1. The van der Waals surface area contributed by atoms with Crippen LogP contribution in [0.15, 0.2) is 58.4 Å². The van der Waals surface area contributed by atoms with E-state index in [1.54, 1.807) is 31.3 Å². The minimum absolute atomic E-state index is 0.0807. The maximum Gasteiger partial charge on any atom is 0.337 e. The summed E-state index contributed by atoms with van der Waals surface area (Å²) in [5, 5.41) is 0.598. The normalized spacial score (nSPS) is 17.0. The first-order chi connectivity index (χ1) is 13.4. The number of thioether (sulfide) groups is 1. The molecule has 2 aromatic rings. The molecule has 28 heavy (non-hydrogen) atoms. The number of carbonyl (C=O) groups is 2. The van der Waals surface area contributed by atoms with Crippen LogP contribution in [0.4, 0.5) is 5.69 Å². The van der Waals surface area contributed by atoms with Crippen LogP contribution in [0.5, 0.6) is 0 Å². The summed E-state index contributed by atoms with van der Waals surface area (Å²) in [7, 11) is 3.05. The van der Waals surface area contributed by atoms with Crippen LogP contribution in [0, 0.1) is 0 Å². The number of likely N-dealkylation sites (N-methyl/N-ethyl adjacent to an activating group) is 1. The molecule has 0 spiro atoms. The van der Waals surface area contributed by atoms with E-state index in [9.17, 15) is 9.59 Å². The van der Waals surface area contributed by atoms with Crippen LogP contribution in [-0.2, 0) is 9.53 Å². The third-order valence-electron chi connectivity index (χ3n) is 4.42. The Morgan fingerprint density at radius 1 is 1.11 bits per heavy atom. The van der Waals surface area contributed by atoms with Crippen molar-refractivity contribution in [2.24, 2.45) is 4.99 Å². The summed E-state index contributed by atoms with van der Waals surface area (Å²) in [5.41, 5.74) is 3.37. The van der Waals surface area contributed by atoms with Gasteiger partial charge in [-0.3, -0.25) is 9.69 Å². The summed E-state index contributed by atoms with van der Waals surface area (Å²) in [6, 6.07) is 15.0. The molecule has 0 atom stereocenters. The van der Waals surface area contributed by atoms with Crippen molar-refractivity contribution in [3.05, 3.63) is 70.1 Å². The number of ether oxygens (including phenoxy) is 1. The minimum atomic E-state index is -0.393. The van der Waals surface area contributed by atoms with Crippen molar-refractivity contribution in [1.82, 2.24) is 4.90 Å². The predicted octanol–water partition coefficient (Wildman–Crippen LogP) is 4.83. The summed E-state index contributed by atoms with van der Waals surface area (Å²) in [5.74, 6) is -0.00190. The number of hydrogen-bond acceptors (Lipinski definition) is 5. The van der Waals surface area contributed by atoms with Crippen LogP contribution in [0.2, 0.25) is 0 Å². The maximum absolute atomic E-state index is 12.6. The number of nitrogens with zero attached hydrogens (tertiary/aromatic N) is 2. The van der Waals surface area contributed by atoms with E-state index < -0.39 is 5.97 Å². The second-order valence-corrected chi connectivity index (χ2v) is 7.74. The van der Waals surface area contributed by atoms with Gasteiger partial charge >= 0.3 is 5.97 Å². The number of rotatable bonds is 4. The van der Waals surface area contributed by atoms with Crippen molar-refractivity contribution in [2.45, 2.75) is 19.8 Å². The van der Waals surface area contributed by atoms with Gasteiger partial charge in [0.25, 0.3) is 5.91 Å². The van der Waals surface area contributed by atoms with Gasteiger partial charge in [-0.15, -0.1) is 0 Å². The van der Waals surface area contributed by atoms with Crippen molar-refractivity contribution in [1.29, 1.82) is 0 Å². The Labute approximate surface area is 169 Å². The van der Waals surface area contributed by atoms with Crippen LogP contribution in [-0.4, -0.2) is 36.1 Å².